The van der Waals surface area contributed by atoms with Gasteiger partial charge in [-0.15, -0.1) is 11.3 Å². The number of hydrogen-bond acceptors (Lipinski definition) is 4. The fraction of sp³-hybridized carbons (Fsp3) is 0.188. The average Bonchev–Trinajstić information content (AvgIpc) is 3.30. The summed E-state index contributed by atoms with van der Waals surface area (Å²) in [6.07, 6.45) is 0.219. The highest BCUT2D eigenvalue weighted by Crippen LogP contribution is 2.27. The molecule has 1 aromatic heterocycles. The standard InChI is InChI=1S/C16H12O3S/c17-16-12-3-1-2-4-14(12)20-15-6-5-10(7-13(15)16)18-8-11-9-19-11/h1-7,11H,8-9H2. The first kappa shape index (κ1) is 11.9. The third-order valence-electron chi connectivity index (χ3n) is 3.39. The Morgan fingerprint density at radius 2 is 1.95 bits per heavy atom. The van der Waals surface area contributed by atoms with Gasteiger partial charge in [-0.05, 0) is 30.3 Å². The van der Waals surface area contributed by atoms with Crippen molar-refractivity contribution in [3.05, 3.63) is 52.7 Å². The summed E-state index contributed by atoms with van der Waals surface area (Å²) in [6.45, 7) is 1.32. The Balaban J connectivity index is 1.85. The zero-order valence-corrected chi connectivity index (χ0v) is 11.5. The predicted octanol–water partition coefficient (Wildman–Crippen LogP) is 3.19. The van der Waals surface area contributed by atoms with Crippen LogP contribution in [0, 0.1) is 0 Å². The van der Waals surface area contributed by atoms with E-state index in [0.717, 1.165) is 32.5 Å². The maximum atomic E-state index is 12.5. The van der Waals surface area contributed by atoms with Crippen molar-refractivity contribution in [3.8, 4) is 5.75 Å². The molecule has 0 bridgehead atoms. The highest BCUT2D eigenvalue weighted by Gasteiger charge is 2.23. The van der Waals surface area contributed by atoms with Gasteiger partial charge in [-0.3, -0.25) is 4.79 Å². The van der Waals surface area contributed by atoms with E-state index in [9.17, 15) is 4.79 Å². The normalized spacial score (nSPS) is 17.5. The van der Waals surface area contributed by atoms with Gasteiger partial charge in [0.1, 0.15) is 18.5 Å². The fourth-order valence-electron chi connectivity index (χ4n) is 2.23. The molecule has 100 valence electrons. The number of benzene rings is 2. The first-order chi connectivity index (χ1) is 9.81. The van der Waals surface area contributed by atoms with Crippen LogP contribution in [0.15, 0.2) is 47.3 Å². The van der Waals surface area contributed by atoms with E-state index in [-0.39, 0.29) is 11.5 Å². The quantitative estimate of drug-likeness (QED) is 0.547. The summed E-state index contributed by atoms with van der Waals surface area (Å²) < 4.78 is 12.8. The lowest BCUT2D eigenvalue weighted by Gasteiger charge is -2.06. The molecule has 2 heterocycles. The molecular formula is C16H12O3S. The molecule has 1 fully saturated rings. The first-order valence-electron chi connectivity index (χ1n) is 6.51. The minimum absolute atomic E-state index is 0.0717. The lowest BCUT2D eigenvalue weighted by molar-refractivity contribution is 0.263. The van der Waals surface area contributed by atoms with Crippen molar-refractivity contribution < 1.29 is 9.47 Å². The molecular weight excluding hydrogens is 272 g/mol. The lowest BCUT2D eigenvalue weighted by atomic mass is 10.2. The summed E-state index contributed by atoms with van der Waals surface area (Å²) in [5, 5.41) is 1.50. The van der Waals surface area contributed by atoms with E-state index in [1.165, 1.54) is 0 Å². The molecule has 1 aliphatic heterocycles. The second kappa shape index (κ2) is 4.58. The van der Waals surface area contributed by atoms with Crippen LogP contribution < -0.4 is 10.2 Å². The second-order valence-electron chi connectivity index (χ2n) is 4.85. The SMILES string of the molecule is O=c1c2ccccc2sc2ccc(OCC3CO3)cc12. The van der Waals surface area contributed by atoms with Gasteiger partial charge in [0.05, 0.1) is 6.61 Å². The van der Waals surface area contributed by atoms with E-state index in [1.54, 1.807) is 11.3 Å². The van der Waals surface area contributed by atoms with Gasteiger partial charge < -0.3 is 9.47 Å². The van der Waals surface area contributed by atoms with Gasteiger partial charge in [-0.25, -0.2) is 0 Å². The topological polar surface area (TPSA) is 38.8 Å². The molecule has 0 amide bonds. The van der Waals surface area contributed by atoms with Crippen LogP contribution in [0.3, 0.4) is 0 Å². The molecule has 1 aliphatic rings. The highest BCUT2D eigenvalue weighted by molar-refractivity contribution is 7.24. The Bertz CT molecular complexity index is 849. The minimum Gasteiger partial charge on any atom is -0.491 e. The van der Waals surface area contributed by atoms with Gasteiger partial charge in [0, 0.05) is 20.2 Å². The van der Waals surface area contributed by atoms with Crippen molar-refractivity contribution in [1.29, 1.82) is 0 Å². The summed E-state index contributed by atoms with van der Waals surface area (Å²) >= 11 is 1.63. The van der Waals surface area contributed by atoms with E-state index in [2.05, 4.69) is 0 Å². The van der Waals surface area contributed by atoms with Crippen molar-refractivity contribution in [1.82, 2.24) is 0 Å². The zero-order valence-electron chi connectivity index (χ0n) is 10.7. The maximum absolute atomic E-state index is 12.5. The van der Waals surface area contributed by atoms with Crippen molar-refractivity contribution in [2.45, 2.75) is 6.10 Å². The number of hydrogen-bond donors (Lipinski definition) is 0. The van der Waals surface area contributed by atoms with Crippen molar-refractivity contribution in [2.75, 3.05) is 13.2 Å². The Kier molecular flexibility index (Phi) is 2.72. The summed E-state index contributed by atoms with van der Waals surface area (Å²) in [5.74, 6) is 0.729. The van der Waals surface area contributed by atoms with Crippen molar-refractivity contribution >= 4 is 31.5 Å². The molecule has 0 N–H and O–H groups in total. The first-order valence-corrected chi connectivity index (χ1v) is 7.33. The number of rotatable bonds is 3. The predicted molar refractivity (Wildman–Crippen MR) is 80.8 cm³/mol. The zero-order chi connectivity index (χ0) is 13.5. The summed E-state index contributed by atoms with van der Waals surface area (Å²) in [4.78, 5) is 12.5. The van der Waals surface area contributed by atoms with E-state index in [4.69, 9.17) is 9.47 Å². The van der Waals surface area contributed by atoms with E-state index in [0.29, 0.717) is 6.61 Å². The van der Waals surface area contributed by atoms with Crippen molar-refractivity contribution in [2.24, 2.45) is 0 Å². The molecule has 0 saturated carbocycles. The molecule has 2 aromatic carbocycles. The van der Waals surface area contributed by atoms with Crippen molar-refractivity contribution in [3.63, 3.8) is 0 Å². The van der Waals surface area contributed by atoms with Crippen LogP contribution in [0.2, 0.25) is 0 Å². The fourth-order valence-corrected chi connectivity index (χ4v) is 3.28. The Morgan fingerprint density at radius 3 is 2.80 bits per heavy atom. The van der Waals surface area contributed by atoms with Crippen LogP contribution in [0.4, 0.5) is 0 Å². The maximum Gasteiger partial charge on any atom is 0.196 e. The molecule has 0 radical (unpaired) electrons. The Hall–Kier alpha value is -1.91. The Labute approximate surface area is 119 Å². The summed E-state index contributed by atoms with van der Waals surface area (Å²) in [5.41, 5.74) is 0.0717. The number of fused-ring (bicyclic) bond motifs is 2. The molecule has 4 heteroatoms. The van der Waals surface area contributed by atoms with Gasteiger partial charge in [0.25, 0.3) is 0 Å². The molecule has 1 unspecified atom stereocenters. The minimum atomic E-state index is 0.0717. The average molecular weight is 284 g/mol. The van der Waals surface area contributed by atoms with Crippen LogP contribution >= 0.6 is 11.3 Å². The molecule has 3 nitrogen and oxygen atoms in total. The largest absolute Gasteiger partial charge is 0.491 e. The third-order valence-corrected chi connectivity index (χ3v) is 4.54. The third kappa shape index (κ3) is 2.07. The van der Waals surface area contributed by atoms with Gasteiger partial charge in [-0.1, -0.05) is 12.1 Å². The Morgan fingerprint density at radius 1 is 1.15 bits per heavy atom. The second-order valence-corrected chi connectivity index (χ2v) is 5.94. The molecule has 0 aliphatic carbocycles. The molecule has 1 saturated heterocycles. The van der Waals surface area contributed by atoms with Gasteiger partial charge in [0.15, 0.2) is 5.43 Å². The smallest absolute Gasteiger partial charge is 0.196 e. The molecule has 0 spiro atoms. The lowest BCUT2D eigenvalue weighted by Crippen LogP contribution is -2.05. The van der Waals surface area contributed by atoms with Gasteiger partial charge >= 0.3 is 0 Å². The van der Waals surface area contributed by atoms with Crippen LogP contribution in [-0.2, 0) is 4.74 Å². The summed E-state index contributed by atoms with van der Waals surface area (Å²) in [6, 6.07) is 13.4. The van der Waals surface area contributed by atoms with E-state index in [1.807, 2.05) is 42.5 Å². The van der Waals surface area contributed by atoms with Crippen LogP contribution in [0.1, 0.15) is 0 Å². The monoisotopic (exact) mass is 284 g/mol. The molecule has 20 heavy (non-hydrogen) atoms. The van der Waals surface area contributed by atoms with Gasteiger partial charge in [-0.2, -0.15) is 0 Å². The van der Waals surface area contributed by atoms with E-state index >= 15 is 0 Å². The highest BCUT2D eigenvalue weighted by atomic mass is 32.1. The van der Waals surface area contributed by atoms with Gasteiger partial charge in [0.2, 0.25) is 0 Å². The molecule has 1 atom stereocenters. The van der Waals surface area contributed by atoms with Crippen LogP contribution in [-0.4, -0.2) is 19.3 Å². The molecule has 4 rings (SSSR count). The van der Waals surface area contributed by atoms with Crippen LogP contribution in [0.5, 0.6) is 5.75 Å². The van der Waals surface area contributed by atoms with E-state index < -0.39 is 0 Å². The summed E-state index contributed by atoms with van der Waals surface area (Å²) in [7, 11) is 0. The van der Waals surface area contributed by atoms with Crippen LogP contribution in [0.25, 0.3) is 20.2 Å². The molecule has 3 aromatic rings. The number of epoxide rings is 1. The number of ether oxygens (including phenoxy) is 2.